The molecule has 108 valence electrons. The van der Waals surface area contributed by atoms with E-state index in [-0.39, 0.29) is 6.04 Å². The Balaban J connectivity index is 2.17. The van der Waals surface area contributed by atoms with Crippen molar-refractivity contribution in [2.75, 3.05) is 20.3 Å². The molecule has 0 amide bonds. The molecule has 0 radical (unpaired) electrons. The lowest BCUT2D eigenvalue weighted by Crippen LogP contribution is -2.21. The van der Waals surface area contributed by atoms with Crippen molar-refractivity contribution in [3.8, 4) is 0 Å². The first-order valence-electron chi connectivity index (χ1n) is 6.81. The fourth-order valence-electron chi connectivity index (χ4n) is 2.17. The summed E-state index contributed by atoms with van der Waals surface area (Å²) in [6.07, 6.45) is 0.965. The van der Waals surface area contributed by atoms with Gasteiger partial charge in [0.05, 0.1) is 16.4 Å². The third-order valence-corrected chi connectivity index (χ3v) is 4.88. The number of methoxy groups -OCH3 is 1. The van der Waals surface area contributed by atoms with Crippen LogP contribution in [0.4, 0.5) is 0 Å². The molecule has 1 unspecified atom stereocenters. The highest BCUT2D eigenvalue weighted by Gasteiger charge is 2.14. The van der Waals surface area contributed by atoms with Gasteiger partial charge in [0.25, 0.3) is 0 Å². The molecular weight excluding hydrogens is 334 g/mol. The number of hydrogen-bond donors (Lipinski definition) is 1. The van der Waals surface area contributed by atoms with E-state index in [9.17, 15) is 0 Å². The number of ether oxygens (including phenoxy) is 1. The Hall–Kier alpha value is -0.680. The molecule has 0 saturated heterocycles. The molecule has 0 aliphatic heterocycles. The smallest absolute Gasteiger partial charge is 0.0702 e. The topological polar surface area (TPSA) is 21.3 Å². The number of nitrogens with one attached hydrogen (secondary N) is 1. The summed E-state index contributed by atoms with van der Waals surface area (Å²) in [6.45, 7) is 3.86. The summed E-state index contributed by atoms with van der Waals surface area (Å²) >= 11 is 5.32. The van der Waals surface area contributed by atoms with Crippen molar-refractivity contribution >= 4 is 27.3 Å². The molecule has 1 heterocycles. The molecule has 2 rings (SSSR count). The van der Waals surface area contributed by atoms with E-state index >= 15 is 0 Å². The zero-order chi connectivity index (χ0) is 14.4. The summed E-state index contributed by atoms with van der Waals surface area (Å²) in [6, 6.07) is 13.4. The second kappa shape index (κ2) is 7.93. The normalized spacial score (nSPS) is 12.6. The zero-order valence-corrected chi connectivity index (χ0v) is 14.3. The number of hydrogen-bond acceptors (Lipinski definition) is 3. The van der Waals surface area contributed by atoms with Gasteiger partial charge in [-0.15, -0.1) is 11.3 Å². The molecule has 2 aromatic rings. The molecule has 2 nitrogen and oxygen atoms in total. The van der Waals surface area contributed by atoms with Crippen molar-refractivity contribution in [3.63, 3.8) is 0 Å². The van der Waals surface area contributed by atoms with E-state index in [1.807, 2.05) is 0 Å². The lowest BCUT2D eigenvalue weighted by atomic mass is 10.0. The Morgan fingerprint density at radius 2 is 1.95 bits per heavy atom. The second-order valence-electron chi connectivity index (χ2n) is 4.62. The highest BCUT2D eigenvalue weighted by Crippen LogP contribution is 2.31. The van der Waals surface area contributed by atoms with Crippen LogP contribution in [0.25, 0.3) is 0 Å². The van der Waals surface area contributed by atoms with Crippen LogP contribution in [0, 0.1) is 0 Å². The lowest BCUT2D eigenvalue weighted by molar-refractivity contribution is 0.202. The third kappa shape index (κ3) is 4.16. The van der Waals surface area contributed by atoms with E-state index in [1.165, 1.54) is 19.8 Å². The molecule has 1 atom stereocenters. The van der Waals surface area contributed by atoms with Crippen LogP contribution in [-0.2, 0) is 11.2 Å². The fourth-order valence-corrected chi connectivity index (χ4v) is 3.69. The number of benzene rings is 1. The Morgan fingerprint density at radius 1 is 1.20 bits per heavy atom. The van der Waals surface area contributed by atoms with Gasteiger partial charge in [0.2, 0.25) is 0 Å². The van der Waals surface area contributed by atoms with Gasteiger partial charge < -0.3 is 10.1 Å². The average molecular weight is 354 g/mol. The molecule has 1 aromatic carbocycles. The fraction of sp³-hybridized carbons (Fsp3) is 0.375. The lowest BCUT2D eigenvalue weighted by Gasteiger charge is -2.17. The van der Waals surface area contributed by atoms with E-state index in [0.29, 0.717) is 0 Å². The quantitative estimate of drug-likeness (QED) is 0.796. The summed E-state index contributed by atoms with van der Waals surface area (Å²) in [5.74, 6) is 0. The van der Waals surface area contributed by atoms with Crippen molar-refractivity contribution in [3.05, 3.63) is 56.2 Å². The molecule has 1 aromatic heterocycles. The molecule has 0 aliphatic rings. The summed E-state index contributed by atoms with van der Waals surface area (Å²) in [7, 11) is 1.74. The molecule has 0 bridgehead atoms. The summed E-state index contributed by atoms with van der Waals surface area (Å²) in [5.41, 5.74) is 2.63. The summed E-state index contributed by atoms with van der Waals surface area (Å²) in [4.78, 5) is 1.34. The summed E-state index contributed by atoms with van der Waals surface area (Å²) in [5, 5.41) is 3.56. The molecule has 1 N–H and O–H groups in total. The number of thiophene rings is 1. The maximum Gasteiger partial charge on any atom is 0.0702 e. The molecule has 4 heteroatoms. The summed E-state index contributed by atoms with van der Waals surface area (Å²) < 4.78 is 6.29. The Bertz CT molecular complexity index is 524. The number of rotatable bonds is 7. The predicted octanol–water partition coefficient (Wildman–Crippen LogP) is 4.40. The van der Waals surface area contributed by atoms with Crippen molar-refractivity contribution < 1.29 is 4.74 Å². The van der Waals surface area contributed by atoms with Gasteiger partial charge in [-0.2, -0.15) is 0 Å². The SMILES string of the molecule is CCNC(c1ccc(CCOC)cc1)c1ccc(Br)s1. The van der Waals surface area contributed by atoms with E-state index in [2.05, 4.69) is 64.6 Å². The number of halogens is 1. The van der Waals surface area contributed by atoms with Crippen LogP contribution in [0.5, 0.6) is 0 Å². The minimum Gasteiger partial charge on any atom is -0.384 e. The van der Waals surface area contributed by atoms with Crippen LogP contribution < -0.4 is 5.32 Å². The van der Waals surface area contributed by atoms with Gasteiger partial charge >= 0.3 is 0 Å². The minimum absolute atomic E-state index is 0.271. The zero-order valence-electron chi connectivity index (χ0n) is 11.9. The Morgan fingerprint density at radius 3 is 2.50 bits per heavy atom. The van der Waals surface area contributed by atoms with Gasteiger partial charge in [-0.05, 0) is 52.2 Å². The van der Waals surface area contributed by atoms with Crippen LogP contribution in [0.3, 0.4) is 0 Å². The standard InChI is InChI=1S/C16H20BrNOS/c1-3-18-16(14-8-9-15(17)20-14)13-6-4-12(5-7-13)10-11-19-2/h4-9,16,18H,3,10-11H2,1-2H3. The van der Waals surface area contributed by atoms with Crippen LogP contribution in [0.1, 0.15) is 29.0 Å². The molecule has 0 fully saturated rings. The van der Waals surface area contributed by atoms with Crippen molar-refractivity contribution in [2.24, 2.45) is 0 Å². The average Bonchev–Trinajstić information content (AvgIpc) is 2.89. The van der Waals surface area contributed by atoms with Crippen LogP contribution in [0.15, 0.2) is 40.2 Å². The third-order valence-electron chi connectivity index (χ3n) is 3.19. The highest BCUT2D eigenvalue weighted by molar-refractivity contribution is 9.11. The maximum absolute atomic E-state index is 5.12. The van der Waals surface area contributed by atoms with Crippen LogP contribution in [-0.4, -0.2) is 20.3 Å². The molecule has 0 aliphatic carbocycles. The molecule has 0 saturated carbocycles. The first-order chi connectivity index (χ1) is 9.74. The molecule has 0 spiro atoms. The largest absolute Gasteiger partial charge is 0.384 e. The van der Waals surface area contributed by atoms with E-state index < -0.39 is 0 Å². The van der Waals surface area contributed by atoms with Gasteiger partial charge in [-0.3, -0.25) is 0 Å². The van der Waals surface area contributed by atoms with Crippen molar-refractivity contribution in [1.29, 1.82) is 0 Å². The Labute approximate surface area is 133 Å². The van der Waals surface area contributed by atoms with E-state index in [1.54, 1.807) is 18.4 Å². The first-order valence-corrected chi connectivity index (χ1v) is 8.42. The van der Waals surface area contributed by atoms with Crippen molar-refractivity contribution in [1.82, 2.24) is 5.32 Å². The minimum atomic E-state index is 0.271. The van der Waals surface area contributed by atoms with Crippen LogP contribution >= 0.6 is 27.3 Å². The van der Waals surface area contributed by atoms with Gasteiger partial charge in [-0.1, -0.05) is 31.2 Å². The molecule has 20 heavy (non-hydrogen) atoms. The van der Waals surface area contributed by atoms with E-state index in [4.69, 9.17) is 4.74 Å². The maximum atomic E-state index is 5.12. The van der Waals surface area contributed by atoms with Gasteiger partial charge in [0, 0.05) is 12.0 Å². The van der Waals surface area contributed by atoms with Gasteiger partial charge in [0.1, 0.15) is 0 Å². The monoisotopic (exact) mass is 353 g/mol. The molecular formula is C16H20BrNOS. The first kappa shape index (κ1) is 15.7. The van der Waals surface area contributed by atoms with Crippen molar-refractivity contribution in [2.45, 2.75) is 19.4 Å². The van der Waals surface area contributed by atoms with Crippen LogP contribution in [0.2, 0.25) is 0 Å². The van der Waals surface area contributed by atoms with Gasteiger partial charge in [-0.25, -0.2) is 0 Å². The Kier molecular flexibility index (Phi) is 6.23. The van der Waals surface area contributed by atoms with Gasteiger partial charge in [0.15, 0.2) is 0 Å². The van der Waals surface area contributed by atoms with E-state index in [0.717, 1.165) is 19.6 Å². The second-order valence-corrected chi connectivity index (χ2v) is 7.11. The highest BCUT2D eigenvalue weighted by atomic mass is 79.9. The predicted molar refractivity (Wildman–Crippen MR) is 89.6 cm³/mol.